The number of oxazole rings is 1. The van der Waals surface area contributed by atoms with E-state index in [1.807, 2.05) is 18.2 Å². The molecule has 0 unspecified atom stereocenters. The van der Waals surface area contributed by atoms with Crippen molar-refractivity contribution >= 4 is 33.7 Å². The van der Waals surface area contributed by atoms with Gasteiger partial charge in [-0.15, -0.1) is 0 Å². The number of fused-ring (bicyclic) bond motifs is 1. The fourth-order valence-corrected chi connectivity index (χ4v) is 2.42. The van der Waals surface area contributed by atoms with E-state index in [4.69, 9.17) is 4.42 Å². The fraction of sp³-hybridized carbons (Fsp3) is 0.0714. The van der Waals surface area contributed by atoms with Crippen molar-refractivity contribution in [2.24, 2.45) is 0 Å². The summed E-state index contributed by atoms with van der Waals surface area (Å²) in [5.41, 5.74) is 2.17. The van der Waals surface area contributed by atoms with Gasteiger partial charge in [0.05, 0.1) is 12.1 Å². The molecule has 0 saturated carbocycles. The van der Waals surface area contributed by atoms with Crippen LogP contribution in [0, 0.1) is 9.39 Å². The van der Waals surface area contributed by atoms with Crippen LogP contribution >= 0.6 is 22.6 Å². The molecule has 0 bridgehead atoms. The van der Waals surface area contributed by atoms with Crippen LogP contribution in [-0.4, -0.2) is 4.57 Å². The first kappa shape index (κ1) is 12.4. The molecule has 2 aromatic carbocycles. The smallest absolute Gasteiger partial charge is 0.408 e. The van der Waals surface area contributed by atoms with Crippen molar-refractivity contribution in [1.82, 2.24) is 4.57 Å². The Kier molecular flexibility index (Phi) is 3.14. The van der Waals surface area contributed by atoms with Crippen molar-refractivity contribution in [1.29, 1.82) is 0 Å². The standard InChI is InChI=1S/C14H9FINO2/c15-10-3-1-9(2-4-10)8-17-12-6-5-11(16)7-13(12)19-14(17)18/h1-7H,8H2. The normalized spacial score (nSPS) is 11.1. The van der Waals surface area contributed by atoms with Crippen LogP contribution in [0.5, 0.6) is 0 Å². The predicted octanol–water partition coefficient (Wildman–Crippen LogP) is 3.39. The van der Waals surface area contributed by atoms with E-state index in [0.29, 0.717) is 12.1 Å². The van der Waals surface area contributed by atoms with Crippen molar-refractivity contribution in [3.05, 3.63) is 68.0 Å². The van der Waals surface area contributed by atoms with Gasteiger partial charge < -0.3 is 4.42 Å². The Morgan fingerprint density at radius 2 is 1.89 bits per heavy atom. The van der Waals surface area contributed by atoms with Gasteiger partial charge in [-0.3, -0.25) is 4.57 Å². The number of hydrogen-bond donors (Lipinski definition) is 0. The second kappa shape index (κ2) is 4.80. The number of nitrogens with zero attached hydrogens (tertiary/aromatic N) is 1. The van der Waals surface area contributed by atoms with Crippen molar-refractivity contribution in [3.63, 3.8) is 0 Å². The van der Waals surface area contributed by atoms with Crippen LogP contribution in [0.3, 0.4) is 0 Å². The molecular formula is C14H9FINO2. The first-order valence-electron chi connectivity index (χ1n) is 5.67. The Bertz CT molecular complexity index is 789. The summed E-state index contributed by atoms with van der Waals surface area (Å²) >= 11 is 2.16. The maximum Gasteiger partial charge on any atom is 0.420 e. The fourth-order valence-electron chi connectivity index (χ4n) is 1.96. The zero-order valence-corrected chi connectivity index (χ0v) is 11.9. The van der Waals surface area contributed by atoms with Crippen LogP contribution in [0.4, 0.5) is 4.39 Å². The van der Waals surface area contributed by atoms with Gasteiger partial charge in [-0.2, -0.15) is 0 Å². The third-order valence-electron chi connectivity index (χ3n) is 2.88. The zero-order valence-electron chi connectivity index (χ0n) is 9.77. The Morgan fingerprint density at radius 1 is 1.16 bits per heavy atom. The first-order valence-corrected chi connectivity index (χ1v) is 6.75. The van der Waals surface area contributed by atoms with E-state index in [1.54, 1.807) is 16.7 Å². The van der Waals surface area contributed by atoms with Crippen molar-refractivity contribution in [2.45, 2.75) is 6.54 Å². The highest BCUT2D eigenvalue weighted by atomic mass is 127. The minimum absolute atomic E-state index is 0.289. The average molecular weight is 369 g/mol. The van der Waals surface area contributed by atoms with Gasteiger partial charge >= 0.3 is 5.76 Å². The lowest BCUT2D eigenvalue weighted by Gasteiger charge is -2.02. The molecule has 0 radical (unpaired) electrons. The Hall–Kier alpha value is -1.63. The van der Waals surface area contributed by atoms with Crippen LogP contribution in [0.25, 0.3) is 11.1 Å². The highest BCUT2D eigenvalue weighted by Gasteiger charge is 2.09. The minimum Gasteiger partial charge on any atom is -0.408 e. The summed E-state index contributed by atoms with van der Waals surface area (Å²) in [6.07, 6.45) is 0. The number of rotatable bonds is 2. The van der Waals surface area contributed by atoms with Gasteiger partial charge in [0, 0.05) is 3.57 Å². The molecule has 1 aromatic heterocycles. The van der Waals surface area contributed by atoms with Crippen LogP contribution in [0.2, 0.25) is 0 Å². The van der Waals surface area contributed by atoms with Gasteiger partial charge in [-0.1, -0.05) is 12.1 Å². The van der Waals surface area contributed by atoms with Crippen LogP contribution in [0.1, 0.15) is 5.56 Å². The molecule has 0 spiro atoms. The topological polar surface area (TPSA) is 35.1 Å². The number of aromatic nitrogens is 1. The van der Waals surface area contributed by atoms with Gasteiger partial charge in [-0.25, -0.2) is 9.18 Å². The van der Waals surface area contributed by atoms with Gasteiger partial charge in [0.25, 0.3) is 0 Å². The molecule has 0 fully saturated rings. The molecular weight excluding hydrogens is 360 g/mol. The van der Waals surface area contributed by atoms with E-state index in [2.05, 4.69) is 22.6 Å². The van der Waals surface area contributed by atoms with Gasteiger partial charge in [0.2, 0.25) is 0 Å². The van der Waals surface area contributed by atoms with Crippen molar-refractivity contribution < 1.29 is 8.81 Å². The van der Waals surface area contributed by atoms with E-state index in [-0.39, 0.29) is 5.82 Å². The van der Waals surface area contributed by atoms with Crippen LogP contribution in [0.15, 0.2) is 51.7 Å². The molecule has 0 amide bonds. The highest BCUT2D eigenvalue weighted by Crippen LogP contribution is 2.17. The summed E-state index contributed by atoms with van der Waals surface area (Å²) < 4.78 is 20.6. The summed E-state index contributed by atoms with van der Waals surface area (Å²) in [5, 5.41) is 0. The average Bonchev–Trinajstić information content (AvgIpc) is 2.68. The Balaban J connectivity index is 2.07. The molecule has 0 atom stereocenters. The van der Waals surface area contributed by atoms with E-state index >= 15 is 0 Å². The third-order valence-corrected chi connectivity index (χ3v) is 3.56. The van der Waals surface area contributed by atoms with Gasteiger partial charge in [0.15, 0.2) is 5.58 Å². The summed E-state index contributed by atoms with van der Waals surface area (Å²) in [7, 11) is 0. The van der Waals surface area contributed by atoms with Crippen molar-refractivity contribution in [3.8, 4) is 0 Å². The first-order chi connectivity index (χ1) is 9.13. The molecule has 3 nitrogen and oxygen atoms in total. The largest absolute Gasteiger partial charge is 0.420 e. The van der Waals surface area contributed by atoms with E-state index < -0.39 is 5.76 Å². The van der Waals surface area contributed by atoms with Crippen LogP contribution in [-0.2, 0) is 6.54 Å². The highest BCUT2D eigenvalue weighted by molar-refractivity contribution is 14.1. The van der Waals surface area contributed by atoms with E-state index in [1.165, 1.54) is 12.1 Å². The maximum atomic E-state index is 12.9. The maximum absolute atomic E-state index is 12.9. The second-order valence-electron chi connectivity index (χ2n) is 4.19. The summed E-state index contributed by atoms with van der Waals surface area (Å²) in [4.78, 5) is 11.8. The lowest BCUT2D eigenvalue weighted by molar-refractivity contribution is 0.517. The van der Waals surface area contributed by atoms with E-state index in [0.717, 1.165) is 14.7 Å². The van der Waals surface area contributed by atoms with Crippen molar-refractivity contribution in [2.75, 3.05) is 0 Å². The predicted molar refractivity (Wildman–Crippen MR) is 78.7 cm³/mol. The lowest BCUT2D eigenvalue weighted by atomic mass is 10.2. The zero-order chi connectivity index (χ0) is 13.4. The molecule has 1 heterocycles. The second-order valence-corrected chi connectivity index (χ2v) is 5.44. The molecule has 0 aliphatic rings. The number of benzene rings is 2. The molecule has 0 aliphatic heterocycles. The summed E-state index contributed by atoms with van der Waals surface area (Å²) in [6, 6.07) is 11.7. The molecule has 19 heavy (non-hydrogen) atoms. The number of halogens is 2. The number of hydrogen-bond acceptors (Lipinski definition) is 2. The SMILES string of the molecule is O=c1oc2cc(I)ccc2n1Cc1ccc(F)cc1. The minimum atomic E-state index is -0.402. The molecule has 5 heteroatoms. The molecule has 96 valence electrons. The van der Waals surface area contributed by atoms with Gasteiger partial charge in [-0.05, 0) is 58.5 Å². The van der Waals surface area contributed by atoms with Crippen LogP contribution < -0.4 is 5.76 Å². The molecule has 0 saturated heterocycles. The quantitative estimate of drug-likeness (QED) is 0.650. The molecule has 0 aliphatic carbocycles. The molecule has 3 aromatic rings. The molecule has 0 N–H and O–H groups in total. The molecule has 3 rings (SSSR count). The monoisotopic (exact) mass is 369 g/mol. The van der Waals surface area contributed by atoms with E-state index in [9.17, 15) is 9.18 Å². The summed E-state index contributed by atoms with van der Waals surface area (Å²) in [5.74, 6) is -0.691. The Morgan fingerprint density at radius 3 is 2.63 bits per heavy atom. The summed E-state index contributed by atoms with van der Waals surface area (Å²) in [6.45, 7) is 0.368. The van der Waals surface area contributed by atoms with Gasteiger partial charge in [0.1, 0.15) is 5.82 Å². The lowest BCUT2D eigenvalue weighted by Crippen LogP contribution is -2.14. The Labute approximate surface area is 121 Å². The third kappa shape index (κ3) is 2.42.